The third kappa shape index (κ3) is 0.600. The zero-order chi connectivity index (χ0) is 7.02. The van der Waals surface area contributed by atoms with Gasteiger partial charge in [0.2, 0.25) is 0 Å². The first-order chi connectivity index (χ1) is 4.13. The predicted molar refractivity (Wildman–Crippen MR) is 34.0 cm³/mol. The highest BCUT2D eigenvalue weighted by Gasteiger charge is 2.02. The van der Waals surface area contributed by atoms with Crippen LogP contribution in [0.5, 0.6) is 0 Å². The van der Waals surface area contributed by atoms with Crippen LogP contribution in [0.15, 0.2) is 4.79 Å². The zero-order valence-corrected chi connectivity index (χ0v) is 4.59. The van der Waals surface area contributed by atoms with Crippen molar-refractivity contribution in [1.29, 1.82) is 0 Å². The van der Waals surface area contributed by atoms with Gasteiger partial charge in [-0.3, -0.25) is 4.98 Å². The summed E-state index contributed by atoms with van der Waals surface area (Å²) in [5.41, 5.74) is 9.84. The average Bonchev–Trinajstić information content (AvgIpc) is 1.98. The molecule has 0 aliphatic rings. The molecular weight excluding hydrogens is 122 g/mol. The molecule has 1 aromatic rings. The lowest BCUT2D eigenvalue weighted by atomic mass is 10.7. The minimum Gasteiger partial charge on any atom is -0.382 e. The highest BCUT2D eigenvalue weighted by molar-refractivity contribution is 5.52. The second-order valence-electron chi connectivity index (χ2n) is 1.60. The van der Waals surface area contributed by atoms with Gasteiger partial charge in [0, 0.05) is 0 Å². The summed E-state index contributed by atoms with van der Waals surface area (Å²) >= 11 is 0. The van der Waals surface area contributed by atoms with Crippen molar-refractivity contribution < 1.29 is 0 Å². The summed E-state index contributed by atoms with van der Waals surface area (Å²) in [6.45, 7) is 0. The molecule has 0 bridgehead atoms. The van der Waals surface area contributed by atoms with Crippen LogP contribution in [0.4, 0.5) is 11.6 Å². The Bertz CT molecular complexity index is 270. The molecule has 1 rings (SSSR count). The van der Waals surface area contributed by atoms with Crippen LogP contribution in [0.25, 0.3) is 0 Å². The summed E-state index contributed by atoms with van der Waals surface area (Å²) < 4.78 is 0.745. The van der Waals surface area contributed by atoms with Crippen molar-refractivity contribution in [2.24, 2.45) is 0 Å². The molecule has 0 aliphatic carbocycles. The van der Waals surface area contributed by atoms with E-state index in [0.717, 1.165) is 4.68 Å². The van der Waals surface area contributed by atoms with Gasteiger partial charge in [-0.05, 0) is 0 Å². The van der Waals surface area contributed by atoms with Crippen LogP contribution in [-0.2, 0) is 0 Å². The maximum Gasteiger partial charge on any atom is 0.347 e. The van der Waals surface area contributed by atoms with Gasteiger partial charge in [0.15, 0.2) is 5.82 Å². The average molecular weight is 129 g/mol. The smallest absolute Gasteiger partial charge is 0.347 e. The summed E-state index contributed by atoms with van der Waals surface area (Å²) in [4.78, 5) is 12.7. The van der Waals surface area contributed by atoms with Gasteiger partial charge in [0.1, 0.15) is 5.82 Å². The van der Waals surface area contributed by atoms with Crippen LogP contribution in [0, 0.1) is 0 Å². The highest BCUT2D eigenvalue weighted by Crippen LogP contribution is 2.02. The van der Waals surface area contributed by atoms with Crippen molar-refractivity contribution >= 4 is 11.6 Å². The van der Waals surface area contributed by atoms with E-state index in [2.05, 4.69) is 4.98 Å². The number of aromatic amines is 1. The fourth-order valence-electron chi connectivity index (χ4n) is 0.479. The second-order valence-corrected chi connectivity index (χ2v) is 1.60. The molecule has 0 saturated heterocycles. The summed E-state index contributed by atoms with van der Waals surface area (Å²) in [6, 6.07) is 0. The molecular formula is C3H7N5O. The molecule has 0 radical (unpaired) electrons. The minimum absolute atomic E-state index is 0.0556. The largest absolute Gasteiger partial charge is 0.382 e. The van der Waals surface area contributed by atoms with Crippen LogP contribution >= 0.6 is 0 Å². The number of hydrogen-bond donors (Lipinski definition) is 4. The maximum absolute atomic E-state index is 10.5. The fourth-order valence-corrected chi connectivity index (χ4v) is 0.479. The molecule has 1 heterocycles. The highest BCUT2D eigenvalue weighted by atomic mass is 16.2. The number of nitrogens with zero attached hydrogens (tertiary/aromatic N) is 1. The van der Waals surface area contributed by atoms with Crippen molar-refractivity contribution in [2.45, 2.75) is 0 Å². The molecule has 0 fully saturated rings. The molecule has 0 unspecified atom stereocenters. The summed E-state index contributed by atoms with van der Waals surface area (Å²) in [5, 5.41) is 0. The Hall–Kier alpha value is -1.59. The van der Waals surface area contributed by atoms with Gasteiger partial charge in [-0.1, -0.05) is 0 Å². The van der Waals surface area contributed by atoms with E-state index in [-0.39, 0.29) is 11.6 Å². The van der Waals surface area contributed by atoms with E-state index >= 15 is 0 Å². The Labute approximate surface area is 50.2 Å². The van der Waals surface area contributed by atoms with Crippen molar-refractivity contribution in [2.75, 3.05) is 17.3 Å². The second kappa shape index (κ2) is 1.44. The third-order valence-corrected chi connectivity index (χ3v) is 0.996. The van der Waals surface area contributed by atoms with E-state index in [0.29, 0.717) is 0 Å². The Morgan fingerprint density at radius 1 is 1.44 bits per heavy atom. The number of hydrogen-bond acceptors (Lipinski definition) is 4. The third-order valence-electron chi connectivity index (χ3n) is 0.996. The van der Waals surface area contributed by atoms with E-state index in [4.69, 9.17) is 17.3 Å². The molecule has 9 heavy (non-hydrogen) atoms. The Morgan fingerprint density at radius 3 is 2.11 bits per heavy atom. The number of nitrogens with two attached hydrogens (primary N) is 3. The molecule has 0 saturated carbocycles. The first-order valence-electron chi connectivity index (χ1n) is 2.24. The van der Waals surface area contributed by atoms with Crippen LogP contribution < -0.4 is 23.0 Å². The van der Waals surface area contributed by atoms with Crippen molar-refractivity contribution in [3.05, 3.63) is 10.5 Å². The van der Waals surface area contributed by atoms with Gasteiger partial charge in [-0.15, -0.1) is 0 Å². The molecule has 1 aromatic heterocycles. The molecule has 6 heteroatoms. The summed E-state index contributed by atoms with van der Waals surface area (Å²) in [6.07, 6.45) is 0. The van der Waals surface area contributed by atoms with Crippen LogP contribution in [-0.4, -0.2) is 9.66 Å². The number of H-pyrrole nitrogens is 1. The van der Waals surface area contributed by atoms with Gasteiger partial charge < -0.3 is 17.3 Å². The lowest BCUT2D eigenvalue weighted by Crippen LogP contribution is -2.25. The van der Waals surface area contributed by atoms with E-state index in [9.17, 15) is 4.79 Å². The van der Waals surface area contributed by atoms with E-state index in [1.54, 1.807) is 0 Å². The topological polar surface area (TPSA) is 116 Å². The van der Waals surface area contributed by atoms with E-state index in [1.165, 1.54) is 0 Å². The number of nitrogens with one attached hydrogen (secondary N) is 1. The first-order valence-corrected chi connectivity index (χ1v) is 2.24. The molecule has 6 nitrogen and oxygen atoms in total. The number of anilines is 2. The van der Waals surface area contributed by atoms with E-state index < -0.39 is 5.69 Å². The molecule has 0 spiro atoms. The normalized spacial score (nSPS) is 9.78. The maximum atomic E-state index is 10.5. The van der Waals surface area contributed by atoms with Gasteiger partial charge >= 0.3 is 5.69 Å². The van der Waals surface area contributed by atoms with Gasteiger partial charge in [0.25, 0.3) is 0 Å². The Kier molecular flexibility index (Phi) is 0.888. The van der Waals surface area contributed by atoms with E-state index in [1.807, 2.05) is 0 Å². The molecule has 7 N–H and O–H groups in total. The van der Waals surface area contributed by atoms with Crippen LogP contribution in [0.2, 0.25) is 0 Å². The number of imidazole rings is 1. The molecule has 50 valence electrons. The number of nitrogen functional groups attached to an aromatic ring is 3. The lowest BCUT2D eigenvalue weighted by molar-refractivity contribution is 0.947. The van der Waals surface area contributed by atoms with Crippen LogP contribution in [0.3, 0.4) is 0 Å². The van der Waals surface area contributed by atoms with Crippen LogP contribution in [0.1, 0.15) is 0 Å². The predicted octanol–water partition coefficient (Wildman–Crippen LogP) is -1.95. The summed E-state index contributed by atoms with van der Waals surface area (Å²) in [5.74, 6) is 5.23. The van der Waals surface area contributed by atoms with Gasteiger partial charge in [-0.25, -0.2) is 4.79 Å². The summed E-state index contributed by atoms with van der Waals surface area (Å²) in [7, 11) is 0. The molecule has 0 aromatic carbocycles. The quantitative estimate of drug-likeness (QED) is 0.305. The fraction of sp³-hybridized carbons (Fsp3) is 0. The molecule has 0 amide bonds. The first kappa shape index (κ1) is 5.54. The Morgan fingerprint density at radius 2 is 2.00 bits per heavy atom. The number of aromatic nitrogens is 2. The minimum atomic E-state index is -0.509. The van der Waals surface area contributed by atoms with Gasteiger partial charge in [0.05, 0.1) is 0 Å². The SMILES string of the molecule is Nc1[nH]c(=O)n(N)c1N. The monoisotopic (exact) mass is 129 g/mol. The van der Waals surface area contributed by atoms with Gasteiger partial charge in [-0.2, -0.15) is 4.68 Å². The Balaban J connectivity index is 3.47. The van der Waals surface area contributed by atoms with Crippen molar-refractivity contribution in [3.8, 4) is 0 Å². The van der Waals surface area contributed by atoms with Crippen molar-refractivity contribution in [1.82, 2.24) is 9.66 Å². The van der Waals surface area contributed by atoms with Crippen molar-refractivity contribution in [3.63, 3.8) is 0 Å². The standard InChI is InChI=1S/C3H7N5O/c4-1-2(5)8(6)3(9)7-1/h4-6H2,(H,7,9). The number of rotatable bonds is 0. The lowest BCUT2D eigenvalue weighted by Gasteiger charge is -1.90. The zero-order valence-electron chi connectivity index (χ0n) is 4.59. The molecule has 0 aliphatic heterocycles. The molecule has 0 atom stereocenters.